The van der Waals surface area contributed by atoms with Gasteiger partial charge in [-0.05, 0) is 62.7 Å². The molecule has 45 heavy (non-hydrogen) atoms. The first-order valence-electron chi connectivity index (χ1n) is 15.4. The van der Waals surface area contributed by atoms with Gasteiger partial charge in [-0.25, -0.2) is 8.78 Å². The number of hydrogen-bond donors (Lipinski definition) is 0. The molecule has 0 spiro atoms. The summed E-state index contributed by atoms with van der Waals surface area (Å²) in [5.41, 5.74) is 0.423. The smallest absolute Gasteiger partial charge is 0.319 e. The number of benzene rings is 2. The third-order valence-electron chi connectivity index (χ3n) is 9.85. The van der Waals surface area contributed by atoms with Crippen LogP contribution in [0.25, 0.3) is 32.9 Å². The number of pyridine rings is 1. The Hall–Kier alpha value is -4.62. The van der Waals surface area contributed by atoms with Crippen molar-refractivity contribution in [2.24, 2.45) is 0 Å². The lowest BCUT2D eigenvalue weighted by atomic mass is 9.95. The van der Waals surface area contributed by atoms with Crippen molar-refractivity contribution < 1.29 is 18.3 Å². The van der Waals surface area contributed by atoms with E-state index in [0.29, 0.717) is 53.7 Å². The molecule has 10 heteroatoms. The molecule has 3 saturated heterocycles. The van der Waals surface area contributed by atoms with Crippen LogP contribution in [0.4, 0.5) is 14.6 Å². The van der Waals surface area contributed by atoms with E-state index in [1.54, 1.807) is 35.4 Å². The van der Waals surface area contributed by atoms with Crippen LogP contribution in [0.5, 0.6) is 6.01 Å². The predicted octanol–water partition coefficient (Wildman–Crippen LogP) is 5.33. The number of aromatic nitrogens is 3. The van der Waals surface area contributed by atoms with Gasteiger partial charge in [0.15, 0.2) is 5.82 Å². The van der Waals surface area contributed by atoms with Gasteiger partial charge in [0.05, 0.1) is 16.5 Å². The van der Waals surface area contributed by atoms with E-state index in [4.69, 9.17) is 16.1 Å². The Morgan fingerprint density at radius 2 is 2.00 bits per heavy atom. The number of amides is 1. The average Bonchev–Trinajstić information content (AvgIpc) is 3.80. The number of likely N-dealkylation sites (N-methyl/N-ethyl adjacent to an activating group) is 1. The molecule has 7 rings (SSSR count). The molecule has 3 fully saturated rings. The fraction of sp³-hybridized carbons (Fsp3) is 0.371. The molecule has 5 heterocycles. The first-order valence-corrected chi connectivity index (χ1v) is 15.4. The average molecular weight is 609 g/mol. The van der Waals surface area contributed by atoms with Crippen molar-refractivity contribution in [2.45, 2.75) is 43.7 Å². The molecule has 1 amide bonds. The molecule has 2 aromatic heterocycles. The number of halogens is 2. The molecule has 0 bridgehead atoms. The number of nitrogens with zero attached hydrogens (tertiary/aromatic N) is 6. The molecule has 0 radical (unpaired) electrons. The normalized spacial score (nSPS) is 19.2. The number of carbonyl (C=O) groups excluding carboxylic acids is 1. The van der Waals surface area contributed by atoms with E-state index in [9.17, 15) is 9.18 Å². The summed E-state index contributed by atoms with van der Waals surface area (Å²) in [6, 6.07) is 8.19. The SMILES string of the molecule is C#Cc1c(F)ccc2cccc(-c3ncc4c(N(C)[C@@H]5CCN(C(=O)C=C)C5)nc(OCC56CCCN5CCC6)nc4c3F)c12. The summed E-state index contributed by atoms with van der Waals surface area (Å²) in [5, 5.41) is 1.49. The van der Waals surface area contributed by atoms with E-state index in [0.717, 1.165) is 38.8 Å². The van der Waals surface area contributed by atoms with Gasteiger partial charge >= 0.3 is 6.01 Å². The second-order valence-corrected chi connectivity index (χ2v) is 12.2. The summed E-state index contributed by atoms with van der Waals surface area (Å²) in [4.78, 5) is 32.4. The lowest BCUT2D eigenvalue weighted by molar-refractivity contribution is -0.125. The first-order chi connectivity index (χ1) is 21.8. The van der Waals surface area contributed by atoms with E-state index in [-0.39, 0.29) is 40.3 Å². The standard InChI is InChI=1S/C35H34F2N6O2/c1-4-24-27(36)12-11-22-9-6-10-25(29(22)24)31-30(37)32-26(19-38-31)33(41(3)23-13-18-42(20-23)28(44)5-2)40-34(39-32)45-21-35-14-7-16-43(35)17-8-15-35/h1,5-6,9-12,19,23H,2,7-8,13-18,20-21H2,3H3/t23-/m1/s1. The summed E-state index contributed by atoms with van der Waals surface area (Å²) >= 11 is 0. The lowest BCUT2D eigenvalue weighted by Gasteiger charge is -2.31. The van der Waals surface area contributed by atoms with Gasteiger partial charge in [0.25, 0.3) is 0 Å². The van der Waals surface area contributed by atoms with Crippen LogP contribution in [-0.2, 0) is 4.79 Å². The number of fused-ring (bicyclic) bond motifs is 3. The second-order valence-electron chi connectivity index (χ2n) is 12.2. The fourth-order valence-corrected chi connectivity index (χ4v) is 7.46. The van der Waals surface area contributed by atoms with Crippen molar-refractivity contribution in [3.05, 3.63) is 66.4 Å². The molecular formula is C35H34F2N6O2. The molecule has 0 unspecified atom stereocenters. The van der Waals surface area contributed by atoms with Crippen LogP contribution in [0, 0.1) is 24.0 Å². The van der Waals surface area contributed by atoms with Gasteiger partial charge in [0.2, 0.25) is 5.91 Å². The summed E-state index contributed by atoms with van der Waals surface area (Å²) in [6.45, 7) is 7.18. The minimum Gasteiger partial charge on any atom is -0.461 e. The Kier molecular flexibility index (Phi) is 7.37. The zero-order chi connectivity index (χ0) is 31.3. The highest BCUT2D eigenvalue weighted by Gasteiger charge is 2.45. The summed E-state index contributed by atoms with van der Waals surface area (Å²) < 4.78 is 37.9. The zero-order valence-electron chi connectivity index (χ0n) is 25.2. The van der Waals surface area contributed by atoms with Crippen LogP contribution < -0.4 is 9.64 Å². The number of hydrogen-bond acceptors (Lipinski definition) is 7. The summed E-state index contributed by atoms with van der Waals surface area (Å²) in [6.07, 6.45) is 13.6. The number of terminal acetylenes is 1. The molecule has 0 aliphatic carbocycles. The van der Waals surface area contributed by atoms with Gasteiger partial charge < -0.3 is 14.5 Å². The molecule has 230 valence electrons. The molecule has 2 aromatic carbocycles. The minimum atomic E-state index is -0.675. The maximum Gasteiger partial charge on any atom is 0.319 e. The number of anilines is 1. The van der Waals surface area contributed by atoms with Crippen LogP contribution in [0.2, 0.25) is 0 Å². The summed E-state index contributed by atoms with van der Waals surface area (Å²) in [5.74, 6) is 1.53. The third-order valence-corrected chi connectivity index (χ3v) is 9.85. The highest BCUT2D eigenvalue weighted by molar-refractivity contribution is 6.02. The Morgan fingerprint density at radius 1 is 1.20 bits per heavy atom. The molecular weight excluding hydrogens is 574 g/mol. The zero-order valence-corrected chi connectivity index (χ0v) is 25.2. The maximum absolute atomic E-state index is 16.7. The number of rotatable bonds is 7. The maximum atomic E-state index is 16.7. The fourth-order valence-electron chi connectivity index (χ4n) is 7.46. The molecule has 0 N–H and O–H groups in total. The van der Waals surface area contributed by atoms with Crippen LogP contribution >= 0.6 is 0 Å². The van der Waals surface area contributed by atoms with Crippen LogP contribution in [0.1, 0.15) is 37.7 Å². The van der Waals surface area contributed by atoms with Crippen molar-refractivity contribution in [1.29, 1.82) is 0 Å². The van der Waals surface area contributed by atoms with E-state index in [2.05, 4.69) is 27.4 Å². The Balaban J connectivity index is 1.35. The van der Waals surface area contributed by atoms with Crippen LogP contribution in [-0.4, -0.2) is 82.1 Å². The monoisotopic (exact) mass is 608 g/mol. The molecule has 8 nitrogen and oxygen atoms in total. The minimum absolute atomic E-state index is 0.00780. The number of ether oxygens (including phenoxy) is 1. The highest BCUT2D eigenvalue weighted by Crippen LogP contribution is 2.40. The molecule has 4 aromatic rings. The van der Waals surface area contributed by atoms with E-state index in [1.165, 1.54) is 12.1 Å². The molecule has 1 atom stereocenters. The highest BCUT2D eigenvalue weighted by atomic mass is 19.1. The van der Waals surface area contributed by atoms with Gasteiger partial charge in [-0.2, -0.15) is 9.97 Å². The van der Waals surface area contributed by atoms with Crippen molar-refractivity contribution in [3.8, 4) is 29.6 Å². The molecule has 3 aliphatic heterocycles. The van der Waals surface area contributed by atoms with Crippen molar-refractivity contribution >= 4 is 33.4 Å². The van der Waals surface area contributed by atoms with E-state index in [1.807, 2.05) is 11.9 Å². The lowest BCUT2D eigenvalue weighted by Crippen LogP contribution is -2.43. The van der Waals surface area contributed by atoms with Gasteiger partial charge in [-0.3, -0.25) is 14.7 Å². The predicted molar refractivity (Wildman–Crippen MR) is 170 cm³/mol. The van der Waals surface area contributed by atoms with Crippen LogP contribution in [0.15, 0.2) is 49.2 Å². The van der Waals surface area contributed by atoms with Crippen LogP contribution in [0.3, 0.4) is 0 Å². The number of carbonyl (C=O) groups is 1. The Bertz CT molecular complexity index is 1880. The third kappa shape index (κ3) is 4.86. The topological polar surface area (TPSA) is 74.7 Å². The summed E-state index contributed by atoms with van der Waals surface area (Å²) in [7, 11) is 1.88. The van der Waals surface area contributed by atoms with Crippen molar-refractivity contribution in [1.82, 2.24) is 24.8 Å². The van der Waals surface area contributed by atoms with Gasteiger partial charge in [-0.15, -0.1) is 6.42 Å². The van der Waals surface area contributed by atoms with Crippen molar-refractivity contribution in [3.63, 3.8) is 0 Å². The van der Waals surface area contributed by atoms with E-state index >= 15 is 4.39 Å². The van der Waals surface area contributed by atoms with Crippen molar-refractivity contribution in [2.75, 3.05) is 44.7 Å². The number of likely N-dealkylation sites (tertiary alicyclic amines) is 1. The van der Waals surface area contributed by atoms with Gasteiger partial charge in [0.1, 0.15) is 29.5 Å². The van der Waals surface area contributed by atoms with Gasteiger partial charge in [0, 0.05) is 43.3 Å². The Labute approximate surface area is 260 Å². The quantitative estimate of drug-likeness (QED) is 0.207. The first kappa shape index (κ1) is 29.1. The largest absolute Gasteiger partial charge is 0.461 e. The molecule has 3 aliphatic rings. The van der Waals surface area contributed by atoms with E-state index < -0.39 is 11.6 Å². The molecule has 0 saturated carbocycles. The van der Waals surface area contributed by atoms with Gasteiger partial charge in [-0.1, -0.05) is 36.8 Å². The Morgan fingerprint density at radius 3 is 2.76 bits per heavy atom. The second kappa shape index (κ2) is 11.4.